The maximum Gasteiger partial charge on any atom is 0.0577 e. The Morgan fingerprint density at radius 3 is 2.04 bits per heavy atom. The largest absolute Gasteiger partial charge is 0.372 e. The molecular formula is C19H29N3Y-2. The molecule has 0 amide bonds. The molecule has 0 atom stereocenters. The Morgan fingerprint density at radius 1 is 1.22 bits per heavy atom. The monoisotopic (exact) mass is 388 g/mol. The fraction of sp³-hybridized carbons (Fsp3) is 0.421. The molecule has 0 saturated heterocycles. The Morgan fingerprint density at radius 2 is 1.91 bits per heavy atom. The van der Waals surface area contributed by atoms with Crippen molar-refractivity contribution >= 4 is 17.6 Å². The van der Waals surface area contributed by atoms with Crippen LogP contribution in [-0.4, -0.2) is 24.2 Å². The Bertz CT molecular complexity index is 433. The number of hydrogen-bond donors (Lipinski definition) is 0. The van der Waals surface area contributed by atoms with E-state index in [9.17, 15) is 0 Å². The maximum absolute atomic E-state index is 4.04. The number of nitrogens with zero attached hydrogens (tertiary/aromatic N) is 3. The molecule has 3 nitrogen and oxygen atoms in total. The molecule has 0 fully saturated rings. The van der Waals surface area contributed by atoms with Crippen molar-refractivity contribution in [1.82, 2.24) is 0 Å². The van der Waals surface area contributed by atoms with Crippen LogP contribution < -0.4 is 0 Å². The summed E-state index contributed by atoms with van der Waals surface area (Å²) < 4.78 is 0. The van der Waals surface area contributed by atoms with Gasteiger partial charge in [-0.2, -0.15) is 6.92 Å². The van der Waals surface area contributed by atoms with Crippen molar-refractivity contribution in [1.29, 1.82) is 0 Å². The summed E-state index contributed by atoms with van der Waals surface area (Å²) in [5, 5.41) is 0. The molecule has 23 heavy (non-hydrogen) atoms. The second-order valence-electron chi connectivity index (χ2n) is 4.93. The van der Waals surface area contributed by atoms with Crippen LogP contribution in [0.2, 0.25) is 0 Å². The van der Waals surface area contributed by atoms with Crippen LogP contribution in [0.25, 0.3) is 0 Å². The Kier molecular flexibility index (Phi) is 18.9. The molecule has 4 heteroatoms. The average Bonchev–Trinajstić information content (AvgIpc) is 3.26. The second-order valence-corrected chi connectivity index (χ2v) is 4.93. The van der Waals surface area contributed by atoms with E-state index in [-0.39, 0.29) is 32.7 Å². The fourth-order valence-corrected chi connectivity index (χ4v) is 1.40. The Balaban J connectivity index is 0. The van der Waals surface area contributed by atoms with E-state index in [4.69, 9.17) is 0 Å². The number of rotatable bonds is 1. The van der Waals surface area contributed by atoms with Crippen LogP contribution in [0.15, 0.2) is 51.2 Å². The van der Waals surface area contributed by atoms with Crippen LogP contribution in [0, 0.1) is 13.3 Å². The smallest absolute Gasteiger partial charge is 0.0577 e. The molecule has 125 valence electrons. The van der Waals surface area contributed by atoms with Gasteiger partial charge in [-0.3, -0.25) is 15.0 Å². The number of allylic oxidation sites excluding steroid dienone is 4. The predicted molar refractivity (Wildman–Crippen MR) is 101 cm³/mol. The first-order chi connectivity index (χ1) is 10.6. The van der Waals surface area contributed by atoms with Crippen LogP contribution in [0.1, 0.15) is 47.0 Å². The van der Waals surface area contributed by atoms with Gasteiger partial charge in [-0.25, -0.2) is 0 Å². The number of unbranched alkanes of at least 4 members (excludes halogenated alkanes) is 1. The first-order valence-electron chi connectivity index (χ1n) is 7.72. The van der Waals surface area contributed by atoms with Crippen molar-refractivity contribution < 1.29 is 32.7 Å². The maximum atomic E-state index is 4.04. The topological polar surface area (TPSA) is 37.1 Å². The Hall–Kier alpha value is -0.666. The van der Waals surface area contributed by atoms with Crippen LogP contribution in [0.4, 0.5) is 0 Å². The van der Waals surface area contributed by atoms with E-state index in [0.717, 1.165) is 37.2 Å². The third-order valence-electron chi connectivity index (χ3n) is 2.72. The Labute approximate surface area is 167 Å². The van der Waals surface area contributed by atoms with E-state index >= 15 is 0 Å². The first kappa shape index (κ1) is 24.6. The second kappa shape index (κ2) is 17.7. The quantitative estimate of drug-likeness (QED) is 0.555. The van der Waals surface area contributed by atoms with Crippen LogP contribution in [0.5, 0.6) is 0 Å². The van der Waals surface area contributed by atoms with Gasteiger partial charge >= 0.3 is 0 Å². The van der Waals surface area contributed by atoms with Crippen molar-refractivity contribution in [3.63, 3.8) is 0 Å². The fourth-order valence-electron chi connectivity index (χ4n) is 1.40. The molecule has 0 aromatic rings. The molecule has 0 aromatic carbocycles. The summed E-state index contributed by atoms with van der Waals surface area (Å²) in [6.45, 7) is 12.5. The van der Waals surface area contributed by atoms with E-state index in [1.165, 1.54) is 5.71 Å². The molecule has 1 radical (unpaired) electrons. The van der Waals surface area contributed by atoms with Crippen molar-refractivity contribution in [2.24, 2.45) is 15.0 Å². The SMILES string of the molecule is CC1=CCC=N1.CC1=NC=CC1.CC1=NCC=C1.[CH2-]C[CH-]C.[Y]. The van der Waals surface area contributed by atoms with Gasteiger partial charge in [0.1, 0.15) is 0 Å². The summed E-state index contributed by atoms with van der Waals surface area (Å²) in [5.41, 5.74) is 3.51. The van der Waals surface area contributed by atoms with E-state index in [1.807, 2.05) is 52.6 Å². The number of aliphatic imine (C=N–C) groups is 3. The summed E-state index contributed by atoms with van der Waals surface area (Å²) in [5.74, 6) is 0. The third kappa shape index (κ3) is 17.5. The van der Waals surface area contributed by atoms with Crippen LogP contribution in [0.3, 0.4) is 0 Å². The molecule has 0 unspecified atom stereocenters. The average molecular weight is 388 g/mol. The van der Waals surface area contributed by atoms with Gasteiger partial charge < -0.3 is 19.8 Å². The van der Waals surface area contributed by atoms with Gasteiger partial charge in [-0.05, 0) is 26.8 Å². The van der Waals surface area contributed by atoms with E-state index in [0.29, 0.717) is 0 Å². The molecule has 0 bridgehead atoms. The molecule has 0 spiro atoms. The van der Waals surface area contributed by atoms with Crippen molar-refractivity contribution in [3.05, 3.63) is 49.5 Å². The van der Waals surface area contributed by atoms with Crippen molar-refractivity contribution in [3.8, 4) is 0 Å². The van der Waals surface area contributed by atoms with Gasteiger partial charge in [0, 0.05) is 75.1 Å². The molecular weight excluding hydrogens is 359 g/mol. The summed E-state index contributed by atoms with van der Waals surface area (Å²) in [6.07, 6.45) is 17.0. The zero-order chi connectivity index (χ0) is 16.6. The zero-order valence-electron chi connectivity index (χ0n) is 15.0. The normalized spacial score (nSPS) is 15.8. The molecule has 0 N–H and O–H groups in total. The summed E-state index contributed by atoms with van der Waals surface area (Å²) >= 11 is 0. The van der Waals surface area contributed by atoms with Gasteiger partial charge in [-0.1, -0.05) is 18.2 Å². The zero-order valence-corrected chi connectivity index (χ0v) is 17.8. The van der Waals surface area contributed by atoms with E-state index in [2.05, 4.69) is 40.1 Å². The molecule has 3 rings (SSSR count). The van der Waals surface area contributed by atoms with Crippen molar-refractivity contribution in [2.75, 3.05) is 6.54 Å². The molecule has 0 aliphatic carbocycles. The first-order valence-corrected chi connectivity index (χ1v) is 7.72. The summed E-state index contributed by atoms with van der Waals surface area (Å²) in [6, 6.07) is 0. The van der Waals surface area contributed by atoms with Gasteiger partial charge in [0.2, 0.25) is 0 Å². The molecule has 3 aliphatic rings. The third-order valence-corrected chi connectivity index (χ3v) is 2.72. The minimum atomic E-state index is 0. The predicted octanol–water partition coefficient (Wildman–Crippen LogP) is 5.18. The van der Waals surface area contributed by atoms with Crippen LogP contribution in [-0.2, 0) is 32.7 Å². The van der Waals surface area contributed by atoms with Gasteiger partial charge in [0.15, 0.2) is 0 Å². The summed E-state index contributed by atoms with van der Waals surface area (Å²) in [4.78, 5) is 12.0. The minimum Gasteiger partial charge on any atom is -0.372 e. The van der Waals surface area contributed by atoms with Crippen molar-refractivity contribution in [2.45, 2.75) is 47.0 Å². The molecule has 0 saturated carbocycles. The van der Waals surface area contributed by atoms with Gasteiger partial charge in [-0.15, -0.1) is 0 Å². The van der Waals surface area contributed by atoms with E-state index in [1.54, 1.807) is 0 Å². The molecule has 3 aliphatic heterocycles. The molecule has 3 heterocycles. The summed E-state index contributed by atoms with van der Waals surface area (Å²) in [7, 11) is 0. The minimum absolute atomic E-state index is 0. The van der Waals surface area contributed by atoms with E-state index < -0.39 is 0 Å². The van der Waals surface area contributed by atoms with Gasteiger partial charge in [0.25, 0.3) is 0 Å². The standard InChI is InChI=1S/3C5H7N.C4H8.Y/c3*1-5-3-2-4-6-5;1-3-4-2;/h3-4H,2H2,1H3;2,4H,3H2,1H3;2-3H,4H2,1H3;4H,1,3H2,2H3;/q;;;-2;. The van der Waals surface area contributed by atoms with Crippen LogP contribution >= 0.6 is 0 Å². The number of hydrogen-bond acceptors (Lipinski definition) is 3. The van der Waals surface area contributed by atoms with Gasteiger partial charge in [0.05, 0.1) is 6.54 Å². The molecule has 0 aromatic heterocycles.